The number of fused-ring (bicyclic) bond motifs is 1. The molecule has 1 aromatic carbocycles. The van der Waals surface area contributed by atoms with Crippen LogP contribution in [-0.2, 0) is 12.8 Å². The first-order valence-corrected chi connectivity index (χ1v) is 8.53. The van der Waals surface area contributed by atoms with Gasteiger partial charge >= 0.3 is 0 Å². The van der Waals surface area contributed by atoms with Crippen LogP contribution < -0.4 is 4.74 Å². The van der Waals surface area contributed by atoms with E-state index < -0.39 is 6.10 Å². The zero-order valence-corrected chi connectivity index (χ0v) is 15.0. The van der Waals surface area contributed by atoms with Crippen LogP contribution in [0.2, 0.25) is 0 Å². The van der Waals surface area contributed by atoms with Gasteiger partial charge in [-0.3, -0.25) is 0 Å². The monoisotopic (exact) mass is 355 g/mol. The maximum absolute atomic E-state index is 10.9. The van der Waals surface area contributed by atoms with E-state index in [1.165, 1.54) is 5.56 Å². The molecule has 21 heavy (non-hydrogen) atoms. The molecule has 1 unspecified atom stereocenters. The average Bonchev–Trinajstić information content (AvgIpc) is 2.88. The maximum Gasteiger partial charge on any atom is 0.125 e. The van der Waals surface area contributed by atoms with Crippen LogP contribution in [0.25, 0.3) is 0 Å². The van der Waals surface area contributed by atoms with E-state index in [0.29, 0.717) is 6.42 Å². The maximum atomic E-state index is 10.9. The number of hydrogen-bond acceptors (Lipinski definition) is 3. The minimum absolute atomic E-state index is 0.187. The normalized spacial score (nSPS) is 16.0. The Morgan fingerprint density at radius 2 is 2.00 bits per heavy atom. The number of hydrogen-bond donors (Lipinski definition) is 1. The number of ether oxygens (including phenoxy) is 1. The van der Waals surface area contributed by atoms with Crippen LogP contribution >= 0.6 is 15.9 Å². The van der Waals surface area contributed by atoms with Gasteiger partial charge in [0, 0.05) is 22.9 Å². The Bertz CT molecular complexity index is 498. The topological polar surface area (TPSA) is 32.7 Å². The summed E-state index contributed by atoms with van der Waals surface area (Å²) >= 11 is 3.57. The highest BCUT2D eigenvalue weighted by molar-refractivity contribution is 9.10. The van der Waals surface area contributed by atoms with E-state index in [2.05, 4.69) is 60.9 Å². The standard InChI is InChI=1S/C17H26BrNO2/c1-5-17(6-2,19(3)4)15(20)11-13-10-14(18)9-12-7-8-21-16(12)13/h9-10,15,20H,5-8,11H2,1-4H3. The van der Waals surface area contributed by atoms with E-state index in [-0.39, 0.29) is 5.54 Å². The molecule has 0 aliphatic carbocycles. The molecule has 1 aliphatic rings. The van der Waals surface area contributed by atoms with Crippen molar-refractivity contribution in [2.24, 2.45) is 0 Å². The summed E-state index contributed by atoms with van der Waals surface area (Å²) in [6.07, 6.45) is 3.02. The van der Waals surface area contributed by atoms with Crippen molar-refractivity contribution in [1.29, 1.82) is 0 Å². The second-order valence-corrected chi connectivity index (χ2v) is 6.99. The lowest BCUT2D eigenvalue weighted by Crippen LogP contribution is -2.53. The van der Waals surface area contributed by atoms with Crippen molar-refractivity contribution in [3.8, 4) is 5.75 Å². The Kier molecular flexibility index (Phi) is 5.33. The van der Waals surface area contributed by atoms with Crippen molar-refractivity contribution in [3.63, 3.8) is 0 Å². The van der Waals surface area contributed by atoms with Crippen molar-refractivity contribution in [2.75, 3.05) is 20.7 Å². The number of aliphatic hydroxyl groups excluding tert-OH is 1. The Morgan fingerprint density at radius 1 is 1.33 bits per heavy atom. The molecule has 0 radical (unpaired) electrons. The van der Waals surface area contributed by atoms with Gasteiger partial charge in [-0.05, 0) is 50.2 Å². The minimum atomic E-state index is -0.412. The Balaban J connectivity index is 2.29. The molecule has 0 fully saturated rings. The first-order valence-electron chi connectivity index (χ1n) is 7.74. The van der Waals surface area contributed by atoms with Crippen LogP contribution in [-0.4, -0.2) is 42.4 Å². The quantitative estimate of drug-likeness (QED) is 0.848. The third kappa shape index (κ3) is 3.13. The molecule has 1 aliphatic heterocycles. The van der Waals surface area contributed by atoms with Gasteiger partial charge in [0.15, 0.2) is 0 Å². The van der Waals surface area contributed by atoms with Crippen LogP contribution in [0.4, 0.5) is 0 Å². The highest BCUT2D eigenvalue weighted by Crippen LogP contribution is 2.36. The van der Waals surface area contributed by atoms with Gasteiger partial charge in [-0.1, -0.05) is 29.8 Å². The molecule has 1 heterocycles. The van der Waals surface area contributed by atoms with Crippen molar-refractivity contribution in [2.45, 2.75) is 51.2 Å². The molecule has 2 rings (SSSR count). The van der Waals surface area contributed by atoms with Gasteiger partial charge in [0.05, 0.1) is 12.7 Å². The van der Waals surface area contributed by atoms with Crippen molar-refractivity contribution in [1.82, 2.24) is 4.90 Å². The Hall–Kier alpha value is -0.580. The molecule has 3 nitrogen and oxygen atoms in total. The highest BCUT2D eigenvalue weighted by Gasteiger charge is 2.37. The lowest BCUT2D eigenvalue weighted by atomic mass is 9.82. The summed E-state index contributed by atoms with van der Waals surface area (Å²) < 4.78 is 6.85. The minimum Gasteiger partial charge on any atom is -0.493 e. The summed E-state index contributed by atoms with van der Waals surface area (Å²) in [5.41, 5.74) is 2.17. The molecule has 0 saturated carbocycles. The predicted octanol–water partition coefficient (Wildman–Crippen LogP) is 3.41. The van der Waals surface area contributed by atoms with E-state index in [1.54, 1.807) is 0 Å². The summed E-state index contributed by atoms with van der Waals surface area (Å²) in [7, 11) is 4.11. The van der Waals surface area contributed by atoms with Gasteiger partial charge in [-0.25, -0.2) is 0 Å². The molecule has 0 aromatic heterocycles. The van der Waals surface area contributed by atoms with Crippen LogP contribution in [0, 0.1) is 0 Å². The molecule has 118 valence electrons. The Labute approximate surface area is 136 Å². The molecular formula is C17H26BrNO2. The first-order chi connectivity index (χ1) is 9.94. The summed E-state index contributed by atoms with van der Waals surface area (Å²) in [4.78, 5) is 2.16. The predicted molar refractivity (Wildman–Crippen MR) is 90.1 cm³/mol. The average molecular weight is 356 g/mol. The molecule has 4 heteroatoms. The summed E-state index contributed by atoms with van der Waals surface area (Å²) in [6.45, 7) is 5.04. The van der Waals surface area contributed by atoms with Crippen LogP contribution in [0.15, 0.2) is 16.6 Å². The molecule has 1 atom stereocenters. The molecule has 0 spiro atoms. The van der Waals surface area contributed by atoms with Gasteiger partial charge in [0.1, 0.15) is 5.75 Å². The van der Waals surface area contributed by atoms with E-state index in [9.17, 15) is 5.11 Å². The highest BCUT2D eigenvalue weighted by atomic mass is 79.9. The number of aliphatic hydroxyl groups is 1. The van der Waals surface area contributed by atoms with Gasteiger partial charge in [-0.15, -0.1) is 0 Å². The van der Waals surface area contributed by atoms with Crippen molar-refractivity contribution in [3.05, 3.63) is 27.7 Å². The van der Waals surface area contributed by atoms with Gasteiger partial charge in [-0.2, -0.15) is 0 Å². The summed E-state index contributed by atoms with van der Waals surface area (Å²) in [5.74, 6) is 0.983. The third-order valence-electron chi connectivity index (χ3n) is 4.97. The number of likely N-dealkylation sites (N-methyl/N-ethyl adjacent to an activating group) is 1. The summed E-state index contributed by atoms with van der Waals surface area (Å²) in [5, 5.41) is 10.9. The molecule has 1 aromatic rings. The fourth-order valence-electron chi connectivity index (χ4n) is 3.55. The number of rotatable bonds is 6. The molecule has 0 saturated heterocycles. The van der Waals surface area contributed by atoms with E-state index >= 15 is 0 Å². The smallest absolute Gasteiger partial charge is 0.125 e. The number of halogens is 1. The fraction of sp³-hybridized carbons (Fsp3) is 0.647. The fourth-order valence-corrected chi connectivity index (χ4v) is 4.10. The molecule has 0 bridgehead atoms. The second kappa shape index (κ2) is 6.67. The zero-order valence-electron chi connectivity index (χ0n) is 13.4. The number of nitrogens with zero attached hydrogens (tertiary/aromatic N) is 1. The third-order valence-corrected chi connectivity index (χ3v) is 5.43. The van der Waals surface area contributed by atoms with Crippen LogP contribution in [0.5, 0.6) is 5.75 Å². The number of benzene rings is 1. The van der Waals surface area contributed by atoms with Crippen molar-refractivity contribution < 1.29 is 9.84 Å². The van der Waals surface area contributed by atoms with E-state index in [0.717, 1.165) is 41.7 Å². The lowest BCUT2D eigenvalue weighted by Gasteiger charge is -2.42. The van der Waals surface area contributed by atoms with Gasteiger partial charge in [0.2, 0.25) is 0 Å². The van der Waals surface area contributed by atoms with Gasteiger partial charge in [0.25, 0.3) is 0 Å². The van der Waals surface area contributed by atoms with E-state index in [4.69, 9.17) is 4.74 Å². The summed E-state index contributed by atoms with van der Waals surface area (Å²) in [6, 6.07) is 4.20. The second-order valence-electron chi connectivity index (χ2n) is 6.08. The molecule has 1 N–H and O–H groups in total. The van der Waals surface area contributed by atoms with E-state index in [1.807, 2.05) is 0 Å². The van der Waals surface area contributed by atoms with Crippen molar-refractivity contribution >= 4 is 15.9 Å². The molecule has 0 amide bonds. The van der Waals surface area contributed by atoms with Crippen LogP contribution in [0.1, 0.15) is 37.8 Å². The largest absolute Gasteiger partial charge is 0.493 e. The molecular weight excluding hydrogens is 330 g/mol. The SMILES string of the molecule is CCC(CC)(C(O)Cc1cc(Br)cc2c1OCC2)N(C)C. The zero-order chi connectivity index (χ0) is 15.6. The first kappa shape index (κ1) is 16.8. The van der Waals surface area contributed by atoms with Gasteiger partial charge < -0.3 is 14.7 Å². The Morgan fingerprint density at radius 3 is 2.57 bits per heavy atom. The van der Waals surface area contributed by atoms with Crippen LogP contribution in [0.3, 0.4) is 0 Å². The lowest BCUT2D eigenvalue weighted by molar-refractivity contribution is -0.0128.